The average molecular weight is 424 g/mol. The first-order valence-corrected chi connectivity index (χ1v) is 12.1. The number of carbonyl (C=O) groups is 2. The summed E-state index contributed by atoms with van der Waals surface area (Å²) in [5, 5.41) is 3.48. The predicted octanol–water partition coefficient (Wildman–Crippen LogP) is 5.55. The maximum atomic E-state index is 13.2. The summed E-state index contributed by atoms with van der Waals surface area (Å²) < 4.78 is 5.24. The molecule has 1 aromatic rings. The lowest BCUT2D eigenvalue weighted by molar-refractivity contribution is -0.137. The van der Waals surface area contributed by atoms with Crippen molar-refractivity contribution in [1.29, 1.82) is 0 Å². The summed E-state index contributed by atoms with van der Waals surface area (Å²) in [5.41, 5.74) is 0.837. The fourth-order valence-electron chi connectivity index (χ4n) is 8.73. The molecule has 0 saturated heterocycles. The Labute approximate surface area is 186 Å². The fraction of sp³-hybridized carbons (Fsp3) is 0.704. The van der Waals surface area contributed by atoms with Gasteiger partial charge in [-0.05, 0) is 98.8 Å². The summed E-state index contributed by atoms with van der Waals surface area (Å²) >= 11 is 0. The Morgan fingerprint density at radius 3 is 2.42 bits per heavy atom. The average Bonchev–Trinajstić information content (AvgIpc) is 2.91. The normalized spacial score (nSPS) is 43.7. The van der Waals surface area contributed by atoms with Gasteiger partial charge in [-0.3, -0.25) is 9.59 Å². The fourth-order valence-corrected chi connectivity index (χ4v) is 8.73. The van der Waals surface area contributed by atoms with Crippen molar-refractivity contribution in [3.63, 3.8) is 0 Å². The number of fused-ring (bicyclic) bond motifs is 3. The molecule has 0 aromatic heterocycles. The smallest absolute Gasteiger partial charge is 0.251 e. The van der Waals surface area contributed by atoms with Gasteiger partial charge in [-0.2, -0.15) is 0 Å². The van der Waals surface area contributed by atoms with Crippen LogP contribution in [0.25, 0.3) is 0 Å². The van der Waals surface area contributed by atoms with Crippen molar-refractivity contribution >= 4 is 11.7 Å². The number of nitrogens with one attached hydrogen (secondary N) is 1. The van der Waals surface area contributed by atoms with Gasteiger partial charge >= 0.3 is 0 Å². The van der Waals surface area contributed by atoms with Gasteiger partial charge in [0, 0.05) is 22.9 Å². The standard InChI is InChI=1S/C27H37NO3/c1-24-14-10-21-25(2)12-5-13-26(3,20(25)11-15-27(21,17-24)16-22(24)29)28-23(30)18-6-8-19(31-4)9-7-18/h6-9,20-21H,5,10-17H2,1-4H3,(H,28,30)/t20-,21-,24-,25+,26+,27-/m0/s1. The molecular weight excluding hydrogens is 386 g/mol. The van der Waals surface area contributed by atoms with Crippen molar-refractivity contribution in [2.24, 2.45) is 28.1 Å². The van der Waals surface area contributed by atoms with Gasteiger partial charge in [-0.1, -0.05) is 20.3 Å². The molecule has 4 heteroatoms. The largest absolute Gasteiger partial charge is 0.497 e. The van der Waals surface area contributed by atoms with Crippen LogP contribution in [0, 0.1) is 28.1 Å². The molecule has 31 heavy (non-hydrogen) atoms. The van der Waals surface area contributed by atoms with E-state index in [0.717, 1.165) is 50.7 Å². The maximum Gasteiger partial charge on any atom is 0.251 e. The summed E-state index contributed by atoms with van der Waals surface area (Å²) in [5.74, 6) is 2.37. The molecule has 2 bridgehead atoms. The van der Waals surface area contributed by atoms with Crippen molar-refractivity contribution in [1.82, 2.24) is 5.32 Å². The summed E-state index contributed by atoms with van der Waals surface area (Å²) in [6, 6.07) is 7.40. The number of benzene rings is 1. The Kier molecular flexibility index (Phi) is 4.63. The summed E-state index contributed by atoms with van der Waals surface area (Å²) in [7, 11) is 1.64. The van der Waals surface area contributed by atoms with E-state index in [9.17, 15) is 9.59 Å². The SMILES string of the molecule is COc1ccc(C(=O)N[C@]2(C)CCC[C@@]3(C)[C@@H]4CC[C@@]5(C)C[C@]4(CC[C@@H]32)CC5=O)cc1. The summed E-state index contributed by atoms with van der Waals surface area (Å²) in [6.45, 7) is 6.99. The van der Waals surface area contributed by atoms with Crippen LogP contribution >= 0.6 is 0 Å². The van der Waals surface area contributed by atoms with Crippen molar-refractivity contribution in [3.05, 3.63) is 29.8 Å². The third-order valence-electron chi connectivity index (χ3n) is 10.1. The van der Waals surface area contributed by atoms with Crippen LogP contribution in [0.15, 0.2) is 24.3 Å². The minimum absolute atomic E-state index is 0.0157. The molecule has 1 spiro atoms. The number of Topliss-reactive ketones (excluding diaryl/α,β-unsaturated/α-hetero) is 1. The van der Waals surface area contributed by atoms with E-state index >= 15 is 0 Å². The number of hydrogen-bond donors (Lipinski definition) is 1. The third kappa shape index (κ3) is 3.00. The van der Waals surface area contributed by atoms with Crippen molar-refractivity contribution in [2.75, 3.05) is 7.11 Å². The van der Waals surface area contributed by atoms with Gasteiger partial charge in [0.05, 0.1) is 7.11 Å². The number of methoxy groups -OCH3 is 1. The molecule has 1 N–H and O–H groups in total. The Morgan fingerprint density at radius 2 is 1.71 bits per heavy atom. The van der Waals surface area contributed by atoms with Crippen LogP contribution in [0.2, 0.25) is 0 Å². The van der Waals surface area contributed by atoms with E-state index < -0.39 is 0 Å². The highest BCUT2D eigenvalue weighted by Crippen LogP contribution is 2.71. The van der Waals surface area contributed by atoms with Gasteiger partial charge < -0.3 is 10.1 Å². The third-order valence-corrected chi connectivity index (χ3v) is 10.1. The quantitative estimate of drug-likeness (QED) is 0.693. The molecule has 1 aromatic carbocycles. The predicted molar refractivity (Wildman–Crippen MR) is 121 cm³/mol. The number of hydrogen-bond acceptors (Lipinski definition) is 3. The van der Waals surface area contributed by atoms with Crippen LogP contribution in [0.5, 0.6) is 5.75 Å². The van der Waals surface area contributed by atoms with E-state index in [1.807, 2.05) is 24.3 Å². The molecule has 0 heterocycles. The Morgan fingerprint density at radius 1 is 1.00 bits per heavy atom. The molecule has 4 nitrogen and oxygen atoms in total. The van der Waals surface area contributed by atoms with Crippen LogP contribution in [0.1, 0.15) is 88.9 Å². The van der Waals surface area contributed by atoms with E-state index in [0.29, 0.717) is 23.2 Å². The number of carbonyl (C=O) groups excluding carboxylic acids is 2. The molecule has 0 aliphatic heterocycles. The molecule has 0 unspecified atom stereocenters. The zero-order valence-corrected chi connectivity index (χ0v) is 19.6. The molecular formula is C27H37NO3. The number of rotatable bonds is 3. The second kappa shape index (κ2) is 6.83. The van der Waals surface area contributed by atoms with Gasteiger partial charge in [-0.15, -0.1) is 0 Å². The molecule has 1 amide bonds. The first-order chi connectivity index (χ1) is 14.6. The monoisotopic (exact) mass is 423 g/mol. The van der Waals surface area contributed by atoms with Gasteiger partial charge in [0.2, 0.25) is 0 Å². The van der Waals surface area contributed by atoms with Gasteiger partial charge in [0.25, 0.3) is 5.91 Å². The Bertz CT molecular complexity index is 910. The van der Waals surface area contributed by atoms with E-state index in [1.165, 1.54) is 12.8 Å². The minimum atomic E-state index is -0.199. The van der Waals surface area contributed by atoms with E-state index in [2.05, 4.69) is 26.1 Å². The van der Waals surface area contributed by atoms with E-state index in [4.69, 9.17) is 4.74 Å². The second-order valence-corrected chi connectivity index (χ2v) is 11.8. The van der Waals surface area contributed by atoms with Crippen molar-refractivity contribution < 1.29 is 14.3 Å². The molecule has 0 radical (unpaired) electrons. The van der Waals surface area contributed by atoms with Crippen LogP contribution in [0.3, 0.4) is 0 Å². The highest BCUT2D eigenvalue weighted by atomic mass is 16.5. The highest BCUT2D eigenvalue weighted by Gasteiger charge is 2.67. The van der Waals surface area contributed by atoms with Crippen molar-refractivity contribution in [3.8, 4) is 5.75 Å². The summed E-state index contributed by atoms with van der Waals surface area (Å²) in [6.07, 6.45) is 9.79. The van der Waals surface area contributed by atoms with E-state index in [1.54, 1.807) is 7.11 Å². The molecule has 168 valence electrons. The molecule has 4 saturated carbocycles. The van der Waals surface area contributed by atoms with Crippen LogP contribution < -0.4 is 10.1 Å². The zero-order chi connectivity index (χ0) is 22.1. The first kappa shape index (κ1) is 21.0. The van der Waals surface area contributed by atoms with Gasteiger partial charge in [0.15, 0.2) is 0 Å². The summed E-state index contributed by atoms with van der Waals surface area (Å²) in [4.78, 5) is 26.1. The topological polar surface area (TPSA) is 55.4 Å². The van der Waals surface area contributed by atoms with E-state index in [-0.39, 0.29) is 27.7 Å². The molecule has 4 aliphatic rings. The lowest BCUT2D eigenvalue weighted by Crippen LogP contribution is -2.64. The molecule has 4 aliphatic carbocycles. The lowest BCUT2D eigenvalue weighted by Gasteiger charge is -2.64. The number of ketones is 1. The van der Waals surface area contributed by atoms with Crippen molar-refractivity contribution in [2.45, 2.75) is 84.1 Å². The van der Waals surface area contributed by atoms with Crippen LogP contribution in [-0.2, 0) is 4.79 Å². The maximum absolute atomic E-state index is 13.2. The zero-order valence-electron chi connectivity index (χ0n) is 19.6. The number of ether oxygens (including phenoxy) is 1. The Balaban J connectivity index is 1.41. The lowest BCUT2D eigenvalue weighted by atomic mass is 9.41. The second-order valence-electron chi connectivity index (χ2n) is 11.8. The van der Waals surface area contributed by atoms with Gasteiger partial charge in [-0.25, -0.2) is 0 Å². The Hall–Kier alpha value is -1.84. The van der Waals surface area contributed by atoms with Crippen LogP contribution in [-0.4, -0.2) is 24.3 Å². The number of amides is 1. The van der Waals surface area contributed by atoms with Crippen LogP contribution in [0.4, 0.5) is 0 Å². The molecule has 4 fully saturated rings. The molecule has 5 rings (SSSR count). The van der Waals surface area contributed by atoms with Gasteiger partial charge in [0.1, 0.15) is 11.5 Å². The highest BCUT2D eigenvalue weighted by molar-refractivity contribution is 5.94. The molecule has 6 atom stereocenters. The first-order valence-electron chi connectivity index (χ1n) is 12.1. The minimum Gasteiger partial charge on any atom is -0.497 e.